The zero-order valence-corrected chi connectivity index (χ0v) is 14.3. The Hall–Kier alpha value is -1.56. The van der Waals surface area contributed by atoms with Gasteiger partial charge in [-0.3, -0.25) is 0 Å². The van der Waals surface area contributed by atoms with Crippen molar-refractivity contribution in [1.29, 1.82) is 0 Å². The molecule has 0 nitrogen and oxygen atoms in total. The number of unbranched alkanes of at least 4 members (excludes halogenated alkanes) is 2. The van der Waals surface area contributed by atoms with Crippen LogP contribution < -0.4 is 0 Å². The van der Waals surface area contributed by atoms with Crippen molar-refractivity contribution in [2.75, 3.05) is 0 Å². The second-order valence-corrected chi connectivity index (χ2v) is 5.29. The molecule has 3 aromatic rings. The third-order valence-corrected chi connectivity index (χ3v) is 3.57. The molecule has 0 spiro atoms. The summed E-state index contributed by atoms with van der Waals surface area (Å²) in [7, 11) is 0. The van der Waals surface area contributed by atoms with Crippen molar-refractivity contribution in [3.63, 3.8) is 0 Å². The van der Waals surface area contributed by atoms with E-state index in [-0.39, 0.29) is 17.1 Å². The standard InChI is InChI=1S/C16H19.C5H5.Fe/c1-2-3-4-7-14-10-12-16(13-11-14)15-8-5-6-9-15;1-2-4-5-3-1;/h5-6,8-13H,2-4,7H2,1H3;1-5H;/q2*-1;+2. The summed E-state index contributed by atoms with van der Waals surface area (Å²) in [4.78, 5) is 0. The van der Waals surface area contributed by atoms with Crippen LogP contribution in [-0.4, -0.2) is 0 Å². The van der Waals surface area contributed by atoms with Crippen LogP contribution in [0.2, 0.25) is 0 Å². The Morgan fingerprint density at radius 2 is 1.55 bits per heavy atom. The predicted molar refractivity (Wildman–Crippen MR) is 92.7 cm³/mol. The summed E-state index contributed by atoms with van der Waals surface area (Å²) in [6.45, 7) is 2.25. The molecular weight excluding hydrogens is 308 g/mol. The van der Waals surface area contributed by atoms with Crippen LogP contribution in [0.15, 0.2) is 78.9 Å². The molecule has 0 saturated carbocycles. The van der Waals surface area contributed by atoms with Crippen LogP contribution in [0.1, 0.15) is 31.7 Å². The quantitative estimate of drug-likeness (QED) is 0.296. The Kier molecular flexibility index (Phi) is 9.30. The smallest absolute Gasteiger partial charge is 0.214 e. The van der Waals surface area contributed by atoms with Gasteiger partial charge in [-0.1, -0.05) is 44.0 Å². The van der Waals surface area contributed by atoms with E-state index in [0.717, 1.165) is 0 Å². The number of aryl methyl sites for hydroxylation is 1. The monoisotopic (exact) mass is 332 g/mol. The maximum absolute atomic E-state index is 2.26. The van der Waals surface area contributed by atoms with E-state index in [4.69, 9.17) is 0 Å². The predicted octanol–water partition coefficient (Wildman–Crippen LogP) is 6.21. The molecule has 0 bridgehead atoms. The van der Waals surface area contributed by atoms with Crippen molar-refractivity contribution in [2.45, 2.75) is 32.6 Å². The molecule has 0 aliphatic heterocycles. The van der Waals surface area contributed by atoms with Gasteiger partial charge in [0, 0.05) is 0 Å². The van der Waals surface area contributed by atoms with E-state index in [0.29, 0.717) is 0 Å². The van der Waals surface area contributed by atoms with Gasteiger partial charge in [0.2, 0.25) is 0 Å². The Morgan fingerprint density at radius 3 is 2.05 bits per heavy atom. The number of rotatable bonds is 5. The van der Waals surface area contributed by atoms with Crippen molar-refractivity contribution >= 4 is 0 Å². The second-order valence-electron chi connectivity index (χ2n) is 5.29. The van der Waals surface area contributed by atoms with Gasteiger partial charge < -0.3 is 0 Å². The van der Waals surface area contributed by atoms with Gasteiger partial charge in [-0.25, -0.2) is 12.1 Å². The van der Waals surface area contributed by atoms with Crippen LogP contribution in [0.5, 0.6) is 0 Å². The maximum atomic E-state index is 2.26. The molecule has 0 aliphatic rings. The third-order valence-electron chi connectivity index (χ3n) is 3.57. The van der Waals surface area contributed by atoms with Crippen molar-refractivity contribution < 1.29 is 17.1 Å². The molecule has 0 fully saturated rings. The summed E-state index contributed by atoms with van der Waals surface area (Å²) in [5.41, 5.74) is 4.10. The minimum atomic E-state index is 0. The molecule has 0 amide bonds. The number of hydrogen-bond acceptors (Lipinski definition) is 0. The molecule has 0 radical (unpaired) electrons. The Morgan fingerprint density at radius 1 is 0.818 bits per heavy atom. The molecule has 0 unspecified atom stereocenters. The van der Waals surface area contributed by atoms with Crippen molar-refractivity contribution in [3.8, 4) is 11.1 Å². The number of benzene rings is 1. The molecule has 0 N–H and O–H groups in total. The van der Waals surface area contributed by atoms with Crippen LogP contribution in [0.4, 0.5) is 0 Å². The summed E-state index contributed by atoms with van der Waals surface area (Å²) in [6.07, 6.45) is 5.16. The Bertz CT molecular complexity index is 542. The fraction of sp³-hybridized carbons (Fsp3) is 0.238. The fourth-order valence-corrected chi connectivity index (χ4v) is 2.33. The van der Waals surface area contributed by atoms with Gasteiger partial charge in [0.1, 0.15) is 0 Å². The summed E-state index contributed by atoms with van der Waals surface area (Å²) in [6, 6.07) is 27.5. The zero-order valence-electron chi connectivity index (χ0n) is 13.2. The largest absolute Gasteiger partial charge is 2.00 e. The van der Waals surface area contributed by atoms with E-state index >= 15 is 0 Å². The Labute approximate surface area is 145 Å². The Balaban J connectivity index is 0.000000344. The molecule has 0 atom stereocenters. The molecule has 22 heavy (non-hydrogen) atoms. The van der Waals surface area contributed by atoms with Gasteiger partial charge in [-0.15, -0.1) is 11.6 Å². The maximum Gasteiger partial charge on any atom is 2.00 e. The van der Waals surface area contributed by atoms with Crippen LogP contribution >= 0.6 is 0 Å². The molecule has 0 saturated heterocycles. The van der Waals surface area contributed by atoms with E-state index in [9.17, 15) is 0 Å². The fourth-order valence-electron chi connectivity index (χ4n) is 2.33. The average molecular weight is 332 g/mol. The van der Waals surface area contributed by atoms with Gasteiger partial charge in [0.25, 0.3) is 0 Å². The molecule has 116 valence electrons. The molecule has 3 rings (SSSR count). The summed E-state index contributed by atoms with van der Waals surface area (Å²) < 4.78 is 0. The zero-order chi connectivity index (χ0) is 14.8. The normalized spacial score (nSPS) is 9.50. The van der Waals surface area contributed by atoms with E-state index in [2.05, 4.69) is 55.5 Å². The average Bonchev–Trinajstić information content (AvgIpc) is 3.24. The van der Waals surface area contributed by atoms with Gasteiger partial charge in [-0.05, 0) is 18.4 Å². The number of hydrogen-bond donors (Lipinski definition) is 0. The molecule has 0 aromatic heterocycles. The van der Waals surface area contributed by atoms with Gasteiger partial charge in [0.15, 0.2) is 0 Å². The first-order valence-electron chi connectivity index (χ1n) is 7.88. The van der Waals surface area contributed by atoms with Crippen LogP contribution in [-0.2, 0) is 23.5 Å². The topological polar surface area (TPSA) is 0 Å². The molecular formula is C21H24Fe. The van der Waals surface area contributed by atoms with Crippen LogP contribution in [0.3, 0.4) is 0 Å². The van der Waals surface area contributed by atoms with Gasteiger partial charge in [0.05, 0.1) is 0 Å². The minimum Gasteiger partial charge on any atom is -0.214 e. The van der Waals surface area contributed by atoms with Crippen molar-refractivity contribution in [3.05, 3.63) is 84.4 Å². The SMILES string of the molecule is CCCCCc1ccc(-c2ccc[cH-]2)cc1.[Fe+2].c1cc[cH-]c1. The van der Waals surface area contributed by atoms with E-state index in [1.165, 1.54) is 42.4 Å². The molecule has 3 aromatic carbocycles. The molecule has 0 aliphatic carbocycles. The molecule has 1 heteroatoms. The van der Waals surface area contributed by atoms with E-state index in [1.807, 2.05) is 30.3 Å². The van der Waals surface area contributed by atoms with Gasteiger partial charge >= 0.3 is 17.1 Å². The van der Waals surface area contributed by atoms with Crippen molar-refractivity contribution in [2.24, 2.45) is 0 Å². The van der Waals surface area contributed by atoms with Crippen LogP contribution in [0, 0.1) is 0 Å². The summed E-state index contributed by atoms with van der Waals surface area (Å²) in [5, 5.41) is 0. The van der Waals surface area contributed by atoms with Gasteiger partial charge in [-0.2, -0.15) is 42.0 Å². The van der Waals surface area contributed by atoms with Crippen molar-refractivity contribution in [1.82, 2.24) is 0 Å². The first-order valence-corrected chi connectivity index (χ1v) is 7.88. The minimum absolute atomic E-state index is 0. The first kappa shape index (κ1) is 18.5. The first-order chi connectivity index (χ1) is 10.4. The summed E-state index contributed by atoms with van der Waals surface area (Å²) >= 11 is 0. The molecule has 0 heterocycles. The second kappa shape index (κ2) is 11.1. The van der Waals surface area contributed by atoms with E-state index < -0.39 is 0 Å². The third kappa shape index (κ3) is 6.47. The van der Waals surface area contributed by atoms with E-state index in [1.54, 1.807) is 0 Å². The van der Waals surface area contributed by atoms with Crippen LogP contribution in [0.25, 0.3) is 11.1 Å². The summed E-state index contributed by atoms with van der Waals surface area (Å²) in [5.74, 6) is 0.